The molecular formula is C24H44O3Si2. The van der Waals surface area contributed by atoms with Crippen molar-refractivity contribution >= 4 is 16.4 Å². The van der Waals surface area contributed by atoms with Crippen LogP contribution in [0.15, 0.2) is 24.3 Å². The van der Waals surface area contributed by atoms with Crippen LogP contribution in [0.2, 0.25) is 37.8 Å². The summed E-state index contributed by atoms with van der Waals surface area (Å²) in [6.07, 6.45) is 10.5. The fourth-order valence-corrected chi connectivity index (χ4v) is 4.82. The Morgan fingerprint density at radius 3 is 2.34 bits per heavy atom. The van der Waals surface area contributed by atoms with Gasteiger partial charge in [0, 0.05) is 0 Å². The third-order valence-corrected chi connectivity index (χ3v) is 11.2. The van der Waals surface area contributed by atoms with Crippen LogP contribution < -0.4 is 0 Å². The molecule has 3 nitrogen and oxygen atoms in total. The lowest BCUT2D eigenvalue weighted by atomic mass is 10.0. The Bertz CT molecular complexity index is 615. The molecule has 0 spiro atoms. The van der Waals surface area contributed by atoms with Gasteiger partial charge in [-0.2, -0.15) is 0 Å². The number of allylic oxidation sites excluding steroid dienone is 1. The van der Waals surface area contributed by atoms with Crippen molar-refractivity contribution in [1.82, 2.24) is 0 Å². The zero-order valence-electron chi connectivity index (χ0n) is 20.2. The molecule has 1 heterocycles. The summed E-state index contributed by atoms with van der Waals surface area (Å²) in [7, 11) is -3.24. The van der Waals surface area contributed by atoms with Gasteiger partial charge in [-0.3, -0.25) is 0 Å². The maximum absolute atomic E-state index is 10.7. The number of hydrogen-bond acceptors (Lipinski definition) is 3. The molecule has 166 valence electrons. The first-order valence-electron chi connectivity index (χ1n) is 11.1. The molecule has 0 fully saturated rings. The quantitative estimate of drug-likeness (QED) is 0.311. The lowest BCUT2D eigenvalue weighted by Crippen LogP contribution is -2.49. The van der Waals surface area contributed by atoms with Crippen LogP contribution in [0.1, 0.15) is 53.4 Å². The molecule has 4 atom stereocenters. The van der Waals surface area contributed by atoms with Crippen molar-refractivity contribution in [2.24, 2.45) is 0 Å². The van der Waals surface area contributed by atoms with E-state index in [2.05, 4.69) is 84.0 Å². The topological polar surface area (TPSA) is 38.7 Å². The molecule has 0 saturated heterocycles. The molecule has 0 radical (unpaired) electrons. The zero-order chi connectivity index (χ0) is 22.3. The Morgan fingerprint density at radius 2 is 1.79 bits per heavy atom. The molecular weight excluding hydrogens is 392 g/mol. The summed E-state index contributed by atoms with van der Waals surface area (Å²) in [5.41, 5.74) is 3.31. The highest BCUT2D eigenvalue weighted by Gasteiger charge is 2.41. The van der Waals surface area contributed by atoms with E-state index in [0.717, 1.165) is 19.3 Å². The van der Waals surface area contributed by atoms with E-state index >= 15 is 0 Å². The van der Waals surface area contributed by atoms with Crippen molar-refractivity contribution in [1.29, 1.82) is 0 Å². The van der Waals surface area contributed by atoms with E-state index in [0.29, 0.717) is 6.42 Å². The largest absolute Gasteiger partial charge is 0.411 e. The minimum absolute atomic E-state index is 0.00406. The first kappa shape index (κ1) is 26.4. The lowest BCUT2D eigenvalue weighted by molar-refractivity contribution is -0.112. The van der Waals surface area contributed by atoms with Gasteiger partial charge in [0.2, 0.25) is 0 Å². The molecule has 0 bridgehead atoms. The molecule has 1 aliphatic heterocycles. The van der Waals surface area contributed by atoms with Crippen molar-refractivity contribution in [2.45, 2.75) is 116 Å². The molecule has 1 rings (SSSR count). The number of ether oxygens (including phenoxy) is 1. The standard InChI is InChI=1S/C24H44O3Si2/c1-10-21-23(27-29(8,9)24(2,3)4)18-14-13-17-22(26-21)20(25)16-12-11-15-19-28(5,6)7/h11-14,20-23,25H,10,16-18H2,1-9H3. The zero-order valence-corrected chi connectivity index (χ0v) is 22.2. The smallest absolute Gasteiger partial charge is 0.192 e. The summed E-state index contributed by atoms with van der Waals surface area (Å²) >= 11 is 0. The predicted octanol–water partition coefficient (Wildman–Crippen LogP) is 6.08. The molecule has 0 aromatic rings. The van der Waals surface area contributed by atoms with Crippen LogP contribution in [-0.2, 0) is 9.16 Å². The average Bonchev–Trinajstić information content (AvgIpc) is 2.55. The fraction of sp³-hybridized carbons (Fsp3) is 0.750. The van der Waals surface area contributed by atoms with Crippen molar-refractivity contribution in [3.8, 4) is 11.5 Å². The lowest BCUT2D eigenvalue weighted by Gasteiger charge is -2.42. The van der Waals surface area contributed by atoms with Crippen LogP contribution >= 0.6 is 0 Å². The van der Waals surface area contributed by atoms with E-state index in [9.17, 15) is 5.11 Å². The Hall–Kier alpha value is -0.646. The Labute approximate surface area is 182 Å². The van der Waals surface area contributed by atoms with Crippen molar-refractivity contribution in [2.75, 3.05) is 0 Å². The second kappa shape index (κ2) is 11.1. The SMILES string of the molecule is CCC1OC(C(O)CC=CC#C[Si](C)(C)C)CC=CCC1O[Si](C)(C)C(C)(C)C. The second-order valence-electron chi connectivity index (χ2n) is 10.7. The summed E-state index contributed by atoms with van der Waals surface area (Å²) in [5, 5.41) is 10.9. The van der Waals surface area contributed by atoms with Crippen LogP contribution in [0.3, 0.4) is 0 Å². The minimum atomic E-state index is -1.88. The predicted molar refractivity (Wildman–Crippen MR) is 130 cm³/mol. The molecule has 0 aromatic carbocycles. The first-order chi connectivity index (χ1) is 13.3. The third kappa shape index (κ3) is 9.36. The van der Waals surface area contributed by atoms with Gasteiger partial charge >= 0.3 is 0 Å². The summed E-state index contributed by atoms with van der Waals surface area (Å²) in [6, 6.07) is 0. The van der Waals surface area contributed by atoms with Crippen LogP contribution in [0, 0.1) is 11.5 Å². The van der Waals surface area contributed by atoms with E-state index in [4.69, 9.17) is 9.16 Å². The molecule has 1 N–H and O–H groups in total. The highest BCUT2D eigenvalue weighted by atomic mass is 28.4. The van der Waals surface area contributed by atoms with Gasteiger partial charge in [0.05, 0.1) is 24.4 Å². The van der Waals surface area contributed by atoms with Crippen LogP contribution in [0.25, 0.3) is 0 Å². The highest BCUT2D eigenvalue weighted by molar-refractivity contribution is 6.83. The van der Waals surface area contributed by atoms with Crippen molar-refractivity contribution in [3.05, 3.63) is 24.3 Å². The van der Waals surface area contributed by atoms with Gasteiger partial charge in [0.15, 0.2) is 8.32 Å². The van der Waals surface area contributed by atoms with Gasteiger partial charge in [-0.1, -0.05) is 71.5 Å². The number of aliphatic hydroxyl groups excluding tert-OH is 1. The van der Waals surface area contributed by atoms with E-state index in [1.54, 1.807) is 0 Å². The van der Waals surface area contributed by atoms with Gasteiger partial charge in [-0.25, -0.2) is 0 Å². The van der Waals surface area contributed by atoms with E-state index in [-0.39, 0.29) is 23.4 Å². The Kier molecular flexibility index (Phi) is 10.1. The first-order valence-corrected chi connectivity index (χ1v) is 17.5. The average molecular weight is 437 g/mol. The van der Waals surface area contributed by atoms with Crippen LogP contribution in [0.4, 0.5) is 0 Å². The van der Waals surface area contributed by atoms with Crippen molar-refractivity contribution < 1.29 is 14.3 Å². The normalized spacial score (nSPS) is 25.2. The van der Waals surface area contributed by atoms with Gasteiger partial charge < -0.3 is 14.3 Å². The summed E-state index contributed by atoms with van der Waals surface area (Å²) < 4.78 is 13.1. The molecule has 0 aromatic heterocycles. The number of hydrogen-bond donors (Lipinski definition) is 1. The molecule has 4 unspecified atom stereocenters. The van der Waals surface area contributed by atoms with E-state index < -0.39 is 22.5 Å². The number of rotatable bonds is 6. The Balaban J connectivity index is 2.81. The van der Waals surface area contributed by atoms with E-state index in [1.807, 2.05) is 12.2 Å². The fourth-order valence-electron chi connectivity index (χ4n) is 2.94. The van der Waals surface area contributed by atoms with E-state index in [1.165, 1.54) is 0 Å². The molecule has 0 amide bonds. The summed E-state index contributed by atoms with van der Waals surface area (Å²) in [6.45, 7) is 20.2. The molecule has 0 saturated carbocycles. The minimum Gasteiger partial charge on any atom is -0.411 e. The second-order valence-corrected chi connectivity index (χ2v) is 20.2. The third-order valence-electron chi connectivity index (χ3n) is 5.78. The molecule has 0 aliphatic carbocycles. The van der Waals surface area contributed by atoms with Gasteiger partial charge in [-0.15, -0.1) is 5.54 Å². The van der Waals surface area contributed by atoms with Crippen LogP contribution in [-0.4, -0.2) is 45.9 Å². The van der Waals surface area contributed by atoms with Crippen LogP contribution in [0.5, 0.6) is 0 Å². The Morgan fingerprint density at radius 1 is 1.17 bits per heavy atom. The summed E-state index contributed by atoms with van der Waals surface area (Å²) in [4.78, 5) is 0. The maximum atomic E-state index is 10.7. The summed E-state index contributed by atoms with van der Waals surface area (Å²) in [5.74, 6) is 3.12. The maximum Gasteiger partial charge on any atom is 0.192 e. The monoisotopic (exact) mass is 436 g/mol. The van der Waals surface area contributed by atoms with Gasteiger partial charge in [-0.05, 0) is 49.9 Å². The van der Waals surface area contributed by atoms with Gasteiger partial charge in [0.25, 0.3) is 0 Å². The molecule has 1 aliphatic rings. The molecule has 5 heteroatoms. The van der Waals surface area contributed by atoms with Gasteiger partial charge in [0.1, 0.15) is 8.07 Å². The number of aliphatic hydroxyl groups is 1. The molecule has 29 heavy (non-hydrogen) atoms. The van der Waals surface area contributed by atoms with Crippen molar-refractivity contribution in [3.63, 3.8) is 0 Å². The highest BCUT2D eigenvalue weighted by Crippen LogP contribution is 2.39.